The van der Waals surface area contributed by atoms with Crippen molar-refractivity contribution in [2.24, 2.45) is 0 Å². The first-order chi connectivity index (χ1) is 8.70. The van der Waals surface area contributed by atoms with Crippen molar-refractivity contribution >= 4 is 22.2 Å². The number of methoxy groups -OCH3 is 1. The topological polar surface area (TPSA) is 65.4 Å². The van der Waals surface area contributed by atoms with Gasteiger partial charge in [-0.15, -0.1) is 21.5 Å². The number of nitrogen functional groups attached to an aromatic ring is 1. The van der Waals surface area contributed by atoms with Crippen LogP contribution in [0, 0.1) is 6.92 Å². The van der Waals surface area contributed by atoms with Crippen molar-refractivity contribution in [3.8, 4) is 17.0 Å². The van der Waals surface area contributed by atoms with Crippen LogP contribution in [0.25, 0.3) is 16.2 Å². The number of ether oxygens (including phenoxy) is 1. The van der Waals surface area contributed by atoms with Gasteiger partial charge in [0.15, 0.2) is 0 Å². The molecule has 0 aliphatic heterocycles. The first-order valence-electron chi connectivity index (χ1n) is 5.44. The summed E-state index contributed by atoms with van der Waals surface area (Å²) in [6.45, 7) is 2.02. The molecule has 2 N–H and O–H groups in total. The minimum absolute atomic E-state index is 0.412. The molecule has 0 unspecified atom stereocenters. The Labute approximate surface area is 108 Å². The SMILES string of the molecule is COc1ccc(-c2csc3nnc(N)n23)cc1C. The van der Waals surface area contributed by atoms with E-state index in [4.69, 9.17) is 10.5 Å². The molecule has 0 saturated heterocycles. The van der Waals surface area contributed by atoms with E-state index in [0.717, 1.165) is 27.5 Å². The van der Waals surface area contributed by atoms with Gasteiger partial charge in [0.2, 0.25) is 10.9 Å². The van der Waals surface area contributed by atoms with E-state index in [-0.39, 0.29) is 0 Å². The van der Waals surface area contributed by atoms with Gasteiger partial charge in [0.25, 0.3) is 0 Å². The maximum atomic E-state index is 5.82. The molecule has 1 aromatic carbocycles. The van der Waals surface area contributed by atoms with Gasteiger partial charge in [0.05, 0.1) is 12.8 Å². The molecule has 0 aliphatic rings. The number of nitrogens with two attached hydrogens (primary N) is 1. The number of hydrogen-bond acceptors (Lipinski definition) is 5. The lowest BCUT2D eigenvalue weighted by Gasteiger charge is -2.07. The van der Waals surface area contributed by atoms with E-state index < -0.39 is 0 Å². The molecule has 0 fully saturated rings. The van der Waals surface area contributed by atoms with Crippen LogP contribution in [0.3, 0.4) is 0 Å². The second-order valence-corrected chi connectivity index (χ2v) is 4.82. The third-order valence-electron chi connectivity index (χ3n) is 2.87. The molecule has 6 heteroatoms. The summed E-state index contributed by atoms with van der Waals surface area (Å²) in [5, 5.41) is 9.91. The van der Waals surface area contributed by atoms with E-state index in [0.29, 0.717) is 5.95 Å². The van der Waals surface area contributed by atoms with E-state index in [1.54, 1.807) is 7.11 Å². The Balaban J connectivity index is 2.20. The van der Waals surface area contributed by atoms with E-state index in [1.807, 2.05) is 28.8 Å². The van der Waals surface area contributed by atoms with Gasteiger partial charge in [-0.05, 0) is 30.7 Å². The van der Waals surface area contributed by atoms with Crippen molar-refractivity contribution in [3.63, 3.8) is 0 Å². The van der Waals surface area contributed by atoms with Crippen molar-refractivity contribution in [1.29, 1.82) is 0 Å². The van der Waals surface area contributed by atoms with Crippen LogP contribution < -0.4 is 10.5 Å². The Hall–Kier alpha value is -2.08. The molecule has 2 aromatic heterocycles. The van der Waals surface area contributed by atoms with Gasteiger partial charge in [-0.3, -0.25) is 4.40 Å². The molecule has 0 spiro atoms. The highest BCUT2D eigenvalue weighted by Crippen LogP contribution is 2.30. The van der Waals surface area contributed by atoms with Gasteiger partial charge in [-0.1, -0.05) is 0 Å². The van der Waals surface area contributed by atoms with Gasteiger partial charge in [-0.25, -0.2) is 0 Å². The number of hydrogen-bond donors (Lipinski definition) is 1. The summed E-state index contributed by atoms with van der Waals surface area (Å²) >= 11 is 1.52. The van der Waals surface area contributed by atoms with Crippen LogP contribution in [0.4, 0.5) is 5.95 Å². The fraction of sp³-hybridized carbons (Fsp3) is 0.167. The Morgan fingerprint density at radius 3 is 2.89 bits per heavy atom. The molecule has 3 rings (SSSR count). The number of benzene rings is 1. The van der Waals surface area contributed by atoms with Gasteiger partial charge in [0, 0.05) is 10.9 Å². The van der Waals surface area contributed by atoms with Gasteiger partial charge >= 0.3 is 0 Å². The molecule has 0 radical (unpaired) electrons. The lowest BCUT2D eigenvalue weighted by atomic mass is 10.1. The Morgan fingerprint density at radius 1 is 1.33 bits per heavy atom. The normalized spacial score (nSPS) is 11.0. The third-order valence-corrected chi connectivity index (χ3v) is 3.68. The molecule has 92 valence electrons. The summed E-state index contributed by atoms with van der Waals surface area (Å²) in [5.74, 6) is 1.29. The van der Waals surface area contributed by atoms with Crippen LogP contribution in [0.5, 0.6) is 5.75 Å². The fourth-order valence-electron chi connectivity index (χ4n) is 1.98. The Morgan fingerprint density at radius 2 is 2.17 bits per heavy atom. The van der Waals surface area contributed by atoms with E-state index in [2.05, 4.69) is 16.3 Å². The standard InChI is InChI=1S/C12H12N4OS/c1-7-5-8(3-4-10(7)17-2)9-6-18-12-15-14-11(13)16(9)12/h3-6H,1-2H3,(H2,13,14). The molecular formula is C12H12N4OS. The van der Waals surface area contributed by atoms with Crippen molar-refractivity contribution in [1.82, 2.24) is 14.6 Å². The summed E-state index contributed by atoms with van der Waals surface area (Å²) in [6, 6.07) is 6.03. The number of thiazole rings is 1. The molecule has 5 nitrogen and oxygen atoms in total. The van der Waals surface area contributed by atoms with Crippen LogP contribution in [-0.4, -0.2) is 21.7 Å². The largest absolute Gasteiger partial charge is 0.496 e. The average molecular weight is 260 g/mol. The number of aromatic nitrogens is 3. The highest BCUT2D eigenvalue weighted by atomic mass is 32.1. The minimum Gasteiger partial charge on any atom is -0.496 e. The summed E-state index contributed by atoms with van der Waals surface area (Å²) in [6.07, 6.45) is 0. The molecule has 0 aliphatic carbocycles. The zero-order valence-corrected chi connectivity index (χ0v) is 10.9. The lowest BCUT2D eigenvalue weighted by molar-refractivity contribution is 0.412. The second-order valence-electron chi connectivity index (χ2n) is 3.98. The first-order valence-corrected chi connectivity index (χ1v) is 6.32. The number of anilines is 1. The Kier molecular flexibility index (Phi) is 2.45. The van der Waals surface area contributed by atoms with Crippen molar-refractivity contribution < 1.29 is 4.74 Å². The van der Waals surface area contributed by atoms with Crippen molar-refractivity contribution in [2.75, 3.05) is 12.8 Å². The third kappa shape index (κ3) is 1.53. The number of aryl methyl sites for hydroxylation is 1. The van der Waals surface area contributed by atoms with E-state index in [1.165, 1.54) is 11.3 Å². The van der Waals surface area contributed by atoms with Crippen LogP contribution in [-0.2, 0) is 0 Å². The number of nitrogens with zero attached hydrogens (tertiary/aromatic N) is 3. The summed E-state index contributed by atoms with van der Waals surface area (Å²) in [4.78, 5) is 0.802. The average Bonchev–Trinajstić information content (AvgIpc) is 2.93. The predicted molar refractivity (Wildman–Crippen MR) is 72.0 cm³/mol. The summed E-state index contributed by atoms with van der Waals surface area (Å²) in [7, 11) is 1.67. The number of rotatable bonds is 2. The molecule has 3 aromatic rings. The lowest BCUT2D eigenvalue weighted by Crippen LogP contribution is -1.95. The molecule has 0 atom stereocenters. The summed E-state index contributed by atoms with van der Waals surface area (Å²) < 4.78 is 7.11. The highest BCUT2D eigenvalue weighted by molar-refractivity contribution is 7.15. The summed E-state index contributed by atoms with van der Waals surface area (Å²) in [5.41, 5.74) is 8.99. The van der Waals surface area contributed by atoms with E-state index >= 15 is 0 Å². The first kappa shape index (κ1) is 11.0. The molecular weight excluding hydrogens is 248 g/mol. The molecule has 18 heavy (non-hydrogen) atoms. The van der Waals surface area contributed by atoms with Crippen LogP contribution >= 0.6 is 11.3 Å². The molecule has 2 heterocycles. The highest BCUT2D eigenvalue weighted by Gasteiger charge is 2.12. The predicted octanol–water partition coefficient (Wildman–Crippen LogP) is 2.36. The minimum atomic E-state index is 0.412. The monoisotopic (exact) mass is 260 g/mol. The number of fused-ring (bicyclic) bond motifs is 1. The molecule has 0 amide bonds. The van der Waals surface area contributed by atoms with Gasteiger partial charge < -0.3 is 10.5 Å². The zero-order valence-electron chi connectivity index (χ0n) is 10.0. The smallest absolute Gasteiger partial charge is 0.227 e. The Bertz CT molecular complexity index is 716. The van der Waals surface area contributed by atoms with Gasteiger partial charge in [0.1, 0.15) is 5.75 Å². The second kappa shape index (κ2) is 3.99. The maximum absolute atomic E-state index is 5.82. The van der Waals surface area contributed by atoms with Crippen LogP contribution in [0.1, 0.15) is 5.56 Å². The van der Waals surface area contributed by atoms with Crippen molar-refractivity contribution in [2.45, 2.75) is 6.92 Å². The van der Waals surface area contributed by atoms with E-state index in [9.17, 15) is 0 Å². The van der Waals surface area contributed by atoms with Crippen LogP contribution in [0.15, 0.2) is 23.6 Å². The quantitative estimate of drug-likeness (QED) is 0.768. The van der Waals surface area contributed by atoms with Gasteiger partial charge in [-0.2, -0.15) is 0 Å². The maximum Gasteiger partial charge on any atom is 0.227 e. The fourth-order valence-corrected chi connectivity index (χ4v) is 2.82. The van der Waals surface area contributed by atoms with Crippen LogP contribution in [0.2, 0.25) is 0 Å². The van der Waals surface area contributed by atoms with Crippen molar-refractivity contribution in [3.05, 3.63) is 29.1 Å². The molecule has 0 bridgehead atoms. The molecule has 0 saturated carbocycles. The zero-order chi connectivity index (χ0) is 12.7.